The van der Waals surface area contributed by atoms with Crippen LogP contribution in [-0.2, 0) is 25.5 Å². The van der Waals surface area contributed by atoms with Gasteiger partial charge in [0.15, 0.2) is 6.61 Å². The lowest BCUT2D eigenvalue weighted by atomic mass is 10.0. The van der Waals surface area contributed by atoms with Crippen LogP contribution in [0.2, 0.25) is 0 Å². The number of ether oxygens (including phenoxy) is 2. The summed E-state index contributed by atoms with van der Waals surface area (Å²) in [4.78, 5) is 39.3. The smallest absolute Gasteiger partial charge is 0.311 e. The fourth-order valence-corrected chi connectivity index (χ4v) is 4.97. The van der Waals surface area contributed by atoms with Crippen molar-refractivity contribution in [2.75, 3.05) is 23.4 Å². The molecular formula is C31H33BrN2O5. The summed E-state index contributed by atoms with van der Waals surface area (Å²) in [7, 11) is 0. The van der Waals surface area contributed by atoms with Gasteiger partial charge in [0.1, 0.15) is 11.5 Å². The van der Waals surface area contributed by atoms with Gasteiger partial charge in [-0.2, -0.15) is 0 Å². The lowest BCUT2D eigenvalue weighted by Gasteiger charge is -2.18. The fraction of sp³-hybridized carbons (Fsp3) is 0.323. The van der Waals surface area contributed by atoms with Crippen molar-refractivity contribution >= 4 is 45.1 Å². The molecule has 1 atom stereocenters. The molecule has 1 heterocycles. The first kappa shape index (κ1) is 28.4. The zero-order valence-electron chi connectivity index (χ0n) is 22.6. The van der Waals surface area contributed by atoms with Gasteiger partial charge in [0, 0.05) is 28.8 Å². The van der Waals surface area contributed by atoms with E-state index in [0.29, 0.717) is 23.0 Å². The number of amides is 2. The number of halogens is 1. The Morgan fingerprint density at radius 3 is 2.51 bits per heavy atom. The van der Waals surface area contributed by atoms with E-state index in [0.717, 1.165) is 33.3 Å². The molecule has 1 aliphatic rings. The summed E-state index contributed by atoms with van der Waals surface area (Å²) in [6.45, 7) is 8.05. The van der Waals surface area contributed by atoms with Crippen molar-refractivity contribution in [2.45, 2.75) is 46.5 Å². The molecule has 2 amide bonds. The predicted octanol–water partition coefficient (Wildman–Crippen LogP) is 6.77. The number of nitrogens with zero attached hydrogens (tertiary/aromatic N) is 1. The van der Waals surface area contributed by atoms with Gasteiger partial charge in [-0.15, -0.1) is 0 Å². The monoisotopic (exact) mass is 592 g/mol. The van der Waals surface area contributed by atoms with Gasteiger partial charge < -0.3 is 19.7 Å². The van der Waals surface area contributed by atoms with Gasteiger partial charge in [-0.1, -0.05) is 48.8 Å². The highest BCUT2D eigenvalue weighted by Gasteiger charge is 2.36. The van der Waals surface area contributed by atoms with E-state index in [1.165, 1.54) is 0 Å². The van der Waals surface area contributed by atoms with E-state index in [-0.39, 0.29) is 18.9 Å². The second kappa shape index (κ2) is 12.5. The molecule has 0 aliphatic carbocycles. The molecule has 204 valence electrons. The molecule has 0 saturated carbocycles. The Morgan fingerprint density at radius 2 is 1.82 bits per heavy atom. The summed E-state index contributed by atoms with van der Waals surface area (Å²) in [5.74, 6) is 0.00280. The summed E-state index contributed by atoms with van der Waals surface area (Å²) in [6.07, 6.45) is 0.777. The SMILES string of the molecule is CCc1cc(Br)ccc1NC(=O)COC(=O)[C@@H]1CC(=O)N(c2ccc(Oc3cc(C)ccc3C(C)C)cc2)C1. The van der Waals surface area contributed by atoms with E-state index in [4.69, 9.17) is 9.47 Å². The summed E-state index contributed by atoms with van der Waals surface area (Å²) in [5.41, 5.74) is 4.56. The highest BCUT2D eigenvalue weighted by atomic mass is 79.9. The first-order chi connectivity index (χ1) is 18.6. The van der Waals surface area contributed by atoms with Gasteiger partial charge >= 0.3 is 5.97 Å². The average Bonchev–Trinajstić information content (AvgIpc) is 3.30. The minimum absolute atomic E-state index is 0.0342. The molecule has 0 unspecified atom stereocenters. The summed E-state index contributed by atoms with van der Waals surface area (Å²) < 4.78 is 12.3. The van der Waals surface area contributed by atoms with E-state index in [9.17, 15) is 14.4 Å². The average molecular weight is 594 g/mol. The topological polar surface area (TPSA) is 84.9 Å². The number of hydrogen-bond donors (Lipinski definition) is 1. The van der Waals surface area contributed by atoms with Crippen molar-refractivity contribution in [1.82, 2.24) is 0 Å². The van der Waals surface area contributed by atoms with Gasteiger partial charge in [-0.3, -0.25) is 14.4 Å². The maximum absolute atomic E-state index is 12.7. The third-order valence-electron chi connectivity index (χ3n) is 6.69. The van der Waals surface area contributed by atoms with Crippen LogP contribution in [0.4, 0.5) is 11.4 Å². The number of hydrogen-bond acceptors (Lipinski definition) is 5. The molecule has 0 aromatic heterocycles. The summed E-state index contributed by atoms with van der Waals surface area (Å²) in [6, 6.07) is 19.0. The Labute approximate surface area is 237 Å². The van der Waals surface area contributed by atoms with Gasteiger partial charge in [0.2, 0.25) is 5.91 Å². The second-order valence-corrected chi connectivity index (χ2v) is 10.9. The molecule has 0 spiro atoms. The Kier molecular flexibility index (Phi) is 9.07. The molecule has 1 N–H and O–H groups in total. The molecule has 4 rings (SSSR count). The largest absolute Gasteiger partial charge is 0.457 e. The summed E-state index contributed by atoms with van der Waals surface area (Å²) >= 11 is 3.42. The molecule has 0 radical (unpaired) electrons. The van der Waals surface area contributed by atoms with Crippen molar-refractivity contribution < 1.29 is 23.9 Å². The van der Waals surface area contributed by atoms with E-state index >= 15 is 0 Å². The number of carbonyl (C=O) groups excluding carboxylic acids is 3. The van der Waals surface area contributed by atoms with Crippen molar-refractivity contribution in [3.63, 3.8) is 0 Å². The van der Waals surface area contributed by atoms with Crippen molar-refractivity contribution in [3.8, 4) is 11.5 Å². The van der Waals surface area contributed by atoms with Crippen LogP contribution in [0.15, 0.2) is 65.1 Å². The Morgan fingerprint density at radius 1 is 1.08 bits per heavy atom. The Bertz CT molecular complexity index is 1370. The fourth-order valence-electron chi connectivity index (χ4n) is 4.56. The molecule has 0 bridgehead atoms. The number of benzene rings is 3. The number of esters is 1. The van der Waals surface area contributed by atoms with Crippen LogP contribution in [0.25, 0.3) is 0 Å². The second-order valence-electron chi connectivity index (χ2n) is 10.0. The maximum atomic E-state index is 12.7. The molecule has 3 aromatic carbocycles. The standard InChI is InChI=1S/C31H33BrN2O5/c1-5-21-15-23(32)7-13-27(21)33-29(35)18-38-31(37)22-16-30(36)34(17-22)24-8-10-25(11-9-24)39-28-14-20(4)6-12-26(28)19(2)3/h6-15,19,22H,5,16-18H2,1-4H3,(H,33,35)/t22-/m1/s1. The van der Waals surface area contributed by atoms with Gasteiger partial charge in [-0.25, -0.2) is 0 Å². The Hall–Kier alpha value is -3.65. The van der Waals surface area contributed by atoms with Crippen molar-refractivity contribution in [1.29, 1.82) is 0 Å². The molecule has 7 nitrogen and oxygen atoms in total. The molecular weight excluding hydrogens is 560 g/mol. The third kappa shape index (κ3) is 7.06. The first-order valence-corrected chi connectivity index (χ1v) is 13.9. The molecule has 8 heteroatoms. The van der Waals surface area contributed by atoms with E-state index < -0.39 is 24.4 Å². The lowest BCUT2D eigenvalue weighted by Crippen LogP contribution is -2.28. The molecule has 39 heavy (non-hydrogen) atoms. The minimum Gasteiger partial charge on any atom is -0.457 e. The number of nitrogens with one attached hydrogen (secondary N) is 1. The van der Waals surface area contributed by atoms with Crippen LogP contribution < -0.4 is 15.0 Å². The van der Waals surface area contributed by atoms with Gasteiger partial charge in [0.25, 0.3) is 5.91 Å². The Balaban J connectivity index is 1.33. The number of anilines is 2. The van der Waals surface area contributed by atoms with E-state index in [2.05, 4.69) is 47.2 Å². The normalized spacial score (nSPS) is 15.0. The zero-order chi connectivity index (χ0) is 28.1. The number of rotatable bonds is 9. The highest BCUT2D eigenvalue weighted by Crippen LogP contribution is 2.33. The molecule has 1 aliphatic heterocycles. The highest BCUT2D eigenvalue weighted by molar-refractivity contribution is 9.10. The molecule has 3 aromatic rings. The van der Waals surface area contributed by atoms with Gasteiger partial charge in [-0.05, 0) is 84.5 Å². The van der Waals surface area contributed by atoms with E-state index in [1.54, 1.807) is 11.0 Å². The number of carbonyl (C=O) groups is 3. The lowest BCUT2D eigenvalue weighted by molar-refractivity contribution is -0.151. The van der Waals surface area contributed by atoms with Crippen LogP contribution in [0, 0.1) is 12.8 Å². The van der Waals surface area contributed by atoms with Crippen molar-refractivity contribution in [2.24, 2.45) is 5.92 Å². The minimum atomic E-state index is -0.638. The van der Waals surface area contributed by atoms with Crippen molar-refractivity contribution in [3.05, 3.63) is 81.8 Å². The molecule has 1 saturated heterocycles. The maximum Gasteiger partial charge on any atom is 0.311 e. The quantitative estimate of drug-likeness (QED) is 0.277. The van der Waals surface area contributed by atoms with Crippen LogP contribution >= 0.6 is 15.9 Å². The van der Waals surface area contributed by atoms with Crippen LogP contribution in [-0.4, -0.2) is 30.9 Å². The van der Waals surface area contributed by atoms with E-state index in [1.807, 2.05) is 56.3 Å². The molecule has 1 fully saturated rings. The van der Waals surface area contributed by atoms with Crippen LogP contribution in [0.3, 0.4) is 0 Å². The van der Waals surface area contributed by atoms with Crippen LogP contribution in [0.5, 0.6) is 11.5 Å². The summed E-state index contributed by atoms with van der Waals surface area (Å²) in [5, 5.41) is 2.79. The third-order valence-corrected chi connectivity index (χ3v) is 7.19. The first-order valence-electron chi connectivity index (χ1n) is 13.1. The van der Waals surface area contributed by atoms with Crippen LogP contribution in [0.1, 0.15) is 49.8 Å². The van der Waals surface area contributed by atoms with Gasteiger partial charge in [0.05, 0.1) is 5.92 Å². The number of aryl methyl sites for hydroxylation is 2. The zero-order valence-corrected chi connectivity index (χ0v) is 24.2. The predicted molar refractivity (Wildman–Crippen MR) is 155 cm³/mol.